The fourth-order valence-electron chi connectivity index (χ4n) is 2.62. The highest BCUT2D eigenvalue weighted by Gasteiger charge is 2.31. The number of carboxylic acid groups (broad SMARTS) is 2. The largest absolute Gasteiger partial charge is 0.481 e. The SMILES string of the molecule is CCC(C)C(NC(=O)C(CC(C)C)NC(=O)C(N)CCC(=O)O)C(=O)NCC(=O)O. The summed E-state index contributed by atoms with van der Waals surface area (Å²) in [7, 11) is 0. The number of hydrogen-bond acceptors (Lipinski definition) is 6. The average molecular weight is 431 g/mol. The van der Waals surface area contributed by atoms with Crippen molar-refractivity contribution in [3.8, 4) is 0 Å². The van der Waals surface area contributed by atoms with Gasteiger partial charge in [0.15, 0.2) is 0 Å². The summed E-state index contributed by atoms with van der Waals surface area (Å²) in [4.78, 5) is 58.8. The van der Waals surface area contributed by atoms with Gasteiger partial charge in [-0.05, 0) is 24.7 Å². The van der Waals surface area contributed by atoms with E-state index in [1.165, 1.54) is 0 Å². The zero-order valence-electron chi connectivity index (χ0n) is 17.9. The van der Waals surface area contributed by atoms with Crippen LogP contribution in [-0.4, -0.2) is 64.5 Å². The van der Waals surface area contributed by atoms with E-state index in [2.05, 4.69) is 16.0 Å². The van der Waals surface area contributed by atoms with E-state index >= 15 is 0 Å². The van der Waals surface area contributed by atoms with Crippen LogP contribution in [0, 0.1) is 11.8 Å². The number of rotatable bonds is 14. The first-order chi connectivity index (χ1) is 13.9. The van der Waals surface area contributed by atoms with E-state index < -0.39 is 54.3 Å². The molecule has 30 heavy (non-hydrogen) atoms. The summed E-state index contributed by atoms with van der Waals surface area (Å²) in [5, 5.41) is 24.8. The van der Waals surface area contributed by atoms with E-state index in [-0.39, 0.29) is 31.1 Å². The van der Waals surface area contributed by atoms with Crippen molar-refractivity contribution < 1.29 is 34.2 Å². The second-order valence-corrected chi connectivity index (χ2v) is 7.71. The molecule has 11 nitrogen and oxygen atoms in total. The zero-order valence-corrected chi connectivity index (χ0v) is 17.9. The Morgan fingerprint density at radius 3 is 1.97 bits per heavy atom. The monoisotopic (exact) mass is 430 g/mol. The van der Waals surface area contributed by atoms with Gasteiger partial charge in [0.05, 0.1) is 6.04 Å². The number of amides is 3. The number of nitrogens with two attached hydrogens (primary N) is 1. The average Bonchev–Trinajstić information content (AvgIpc) is 2.66. The van der Waals surface area contributed by atoms with Gasteiger partial charge in [0.25, 0.3) is 0 Å². The molecule has 0 aromatic heterocycles. The summed E-state index contributed by atoms with van der Waals surface area (Å²) < 4.78 is 0. The molecule has 11 heteroatoms. The molecule has 0 heterocycles. The summed E-state index contributed by atoms with van der Waals surface area (Å²) in [5.41, 5.74) is 5.71. The van der Waals surface area contributed by atoms with Gasteiger partial charge in [0.2, 0.25) is 17.7 Å². The van der Waals surface area contributed by atoms with Crippen molar-refractivity contribution in [1.82, 2.24) is 16.0 Å². The van der Waals surface area contributed by atoms with Crippen molar-refractivity contribution in [3.05, 3.63) is 0 Å². The van der Waals surface area contributed by atoms with E-state index in [1.54, 1.807) is 6.92 Å². The van der Waals surface area contributed by atoms with Crippen LogP contribution in [0.5, 0.6) is 0 Å². The Labute approximate surface area is 176 Å². The molecule has 0 spiro atoms. The lowest BCUT2D eigenvalue weighted by molar-refractivity contribution is -0.139. The summed E-state index contributed by atoms with van der Waals surface area (Å²) in [6.07, 6.45) is 0.458. The van der Waals surface area contributed by atoms with Crippen molar-refractivity contribution in [2.45, 2.75) is 71.5 Å². The molecule has 7 N–H and O–H groups in total. The first-order valence-electron chi connectivity index (χ1n) is 9.96. The highest BCUT2D eigenvalue weighted by molar-refractivity contribution is 5.93. The lowest BCUT2D eigenvalue weighted by atomic mass is 9.96. The maximum atomic E-state index is 12.8. The molecule has 172 valence electrons. The fraction of sp³-hybridized carbons (Fsp3) is 0.737. The standard InChI is InChI=1S/C19H34N4O7/c1-5-11(4)16(19(30)21-9-15(26)27)23-18(29)13(8-10(2)3)22-17(28)12(20)6-7-14(24)25/h10-13,16H,5-9,20H2,1-4H3,(H,21,30)(H,22,28)(H,23,29)(H,24,25)(H,26,27). The van der Waals surface area contributed by atoms with Crippen LogP contribution >= 0.6 is 0 Å². The van der Waals surface area contributed by atoms with Crippen LogP contribution in [0.2, 0.25) is 0 Å². The van der Waals surface area contributed by atoms with Crippen LogP contribution in [-0.2, 0) is 24.0 Å². The molecule has 0 saturated heterocycles. The number of carboxylic acids is 2. The molecule has 0 aliphatic heterocycles. The molecule has 0 saturated carbocycles. The molecule has 0 aliphatic carbocycles. The van der Waals surface area contributed by atoms with Gasteiger partial charge < -0.3 is 31.9 Å². The number of hydrogen-bond donors (Lipinski definition) is 6. The van der Waals surface area contributed by atoms with Gasteiger partial charge in [0, 0.05) is 6.42 Å². The van der Waals surface area contributed by atoms with Crippen molar-refractivity contribution in [3.63, 3.8) is 0 Å². The minimum atomic E-state index is -1.21. The summed E-state index contributed by atoms with van der Waals surface area (Å²) >= 11 is 0. The second kappa shape index (κ2) is 13.5. The Kier molecular flexibility index (Phi) is 12.3. The van der Waals surface area contributed by atoms with Crippen LogP contribution < -0.4 is 21.7 Å². The number of aliphatic carboxylic acids is 2. The Morgan fingerprint density at radius 2 is 1.50 bits per heavy atom. The van der Waals surface area contributed by atoms with Crippen LogP contribution in [0.15, 0.2) is 0 Å². The molecule has 0 radical (unpaired) electrons. The topological polar surface area (TPSA) is 188 Å². The van der Waals surface area contributed by atoms with Crippen LogP contribution in [0.4, 0.5) is 0 Å². The molecule has 0 rings (SSSR count). The Hall–Kier alpha value is -2.69. The smallest absolute Gasteiger partial charge is 0.322 e. The molecular weight excluding hydrogens is 396 g/mol. The molecular formula is C19H34N4O7. The number of carbonyl (C=O) groups excluding carboxylic acids is 3. The van der Waals surface area contributed by atoms with E-state index in [4.69, 9.17) is 15.9 Å². The highest BCUT2D eigenvalue weighted by atomic mass is 16.4. The van der Waals surface area contributed by atoms with Gasteiger partial charge in [-0.25, -0.2) is 0 Å². The van der Waals surface area contributed by atoms with Gasteiger partial charge in [-0.15, -0.1) is 0 Å². The molecule has 0 fully saturated rings. The van der Waals surface area contributed by atoms with E-state index in [1.807, 2.05) is 20.8 Å². The zero-order chi connectivity index (χ0) is 23.4. The summed E-state index contributed by atoms with van der Waals surface area (Å²) in [6, 6.07) is -3.05. The third-order valence-electron chi connectivity index (χ3n) is 4.55. The van der Waals surface area contributed by atoms with Crippen molar-refractivity contribution >= 4 is 29.7 Å². The third-order valence-corrected chi connectivity index (χ3v) is 4.55. The van der Waals surface area contributed by atoms with Gasteiger partial charge in [-0.1, -0.05) is 34.1 Å². The predicted molar refractivity (Wildman–Crippen MR) is 108 cm³/mol. The van der Waals surface area contributed by atoms with Crippen LogP contribution in [0.25, 0.3) is 0 Å². The quantitative estimate of drug-likeness (QED) is 0.211. The predicted octanol–water partition coefficient (Wildman–Crippen LogP) is -0.559. The molecule has 4 atom stereocenters. The van der Waals surface area contributed by atoms with Crippen molar-refractivity contribution in [1.29, 1.82) is 0 Å². The molecule has 0 aliphatic rings. The Balaban J connectivity index is 5.27. The third kappa shape index (κ3) is 10.7. The molecule has 0 aromatic carbocycles. The van der Waals surface area contributed by atoms with Crippen LogP contribution in [0.1, 0.15) is 53.4 Å². The summed E-state index contributed by atoms with van der Waals surface area (Å²) in [6.45, 7) is 6.68. The lowest BCUT2D eigenvalue weighted by Crippen LogP contribution is -2.57. The van der Waals surface area contributed by atoms with E-state index in [0.717, 1.165) is 0 Å². The van der Waals surface area contributed by atoms with E-state index in [9.17, 15) is 24.0 Å². The molecule has 0 bridgehead atoms. The molecule has 4 unspecified atom stereocenters. The second-order valence-electron chi connectivity index (χ2n) is 7.71. The normalized spacial score (nSPS) is 14.9. The number of carbonyl (C=O) groups is 5. The van der Waals surface area contributed by atoms with E-state index in [0.29, 0.717) is 6.42 Å². The Morgan fingerprint density at radius 1 is 0.900 bits per heavy atom. The minimum absolute atomic E-state index is 0.0270. The van der Waals surface area contributed by atoms with Gasteiger partial charge in [-0.3, -0.25) is 24.0 Å². The minimum Gasteiger partial charge on any atom is -0.481 e. The molecule has 0 aromatic rings. The lowest BCUT2D eigenvalue weighted by Gasteiger charge is -2.27. The number of nitrogens with one attached hydrogen (secondary N) is 3. The van der Waals surface area contributed by atoms with Gasteiger partial charge >= 0.3 is 11.9 Å². The van der Waals surface area contributed by atoms with Crippen LogP contribution in [0.3, 0.4) is 0 Å². The first-order valence-corrected chi connectivity index (χ1v) is 9.96. The fourth-order valence-corrected chi connectivity index (χ4v) is 2.62. The summed E-state index contributed by atoms with van der Waals surface area (Å²) in [5.74, 6) is -4.44. The van der Waals surface area contributed by atoms with Crippen molar-refractivity contribution in [2.75, 3.05) is 6.54 Å². The first kappa shape index (κ1) is 27.3. The van der Waals surface area contributed by atoms with Crippen molar-refractivity contribution in [2.24, 2.45) is 17.6 Å². The maximum absolute atomic E-state index is 12.8. The van der Waals surface area contributed by atoms with Gasteiger partial charge in [-0.2, -0.15) is 0 Å². The molecule has 3 amide bonds. The van der Waals surface area contributed by atoms with Gasteiger partial charge in [0.1, 0.15) is 18.6 Å². The maximum Gasteiger partial charge on any atom is 0.322 e. The highest BCUT2D eigenvalue weighted by Crippen LogP contribution is 2.11. The Bertz CT molecular complexity index is 624.